The summed E-state index contributed by atoms with van der Waals surface area (Å²) in [5.74, 6) is -0.625. The van der Waals surface area contributed by atoms with Crippen LogP contribution in [0.3, 0.4) is 0 Å². The highest BCUT2D eigenvalue weighted by Gasteiger charge is 2.21. The summed E-state index contributed by atoms with van der Waals surface area (Å²) in [6, 6.07) is 8.09. The van der Waals surface area contributed by atoms with Crippen LogP contribution in [-0.4, -0.2) is 38.8 Å². The van der Waals surface area contributed by atoms with Gasteiger partial charge in [-0.25, -0.2) is 4.39 Å². The molecule has 2 rings (SSSR count). The first kappa shape index (κ1) is 17.1. The molecule has 124 valence electrons. The van der Waals surface area contributed by atoms with Gasteiger partial charge in [0.05, 0.1) is 12.3 Å². The molecule has 0 spiro atoms. The summed E-state index contributed by atoms with van der Waals surface area (Å²) in [7, 11) is 1.71. The van der Waals surface area contributed by atoms with Crippen LogP contribution in [0.1, 0.15) is 35.1 Å². The van der Waals surface area contributed by atoms with E-state index in [1.807, 2.05) is 6.92 Å². The summed E-state index contributed by atoms with van der Waals surface area (Å²) in [4.78, 5) is 14.2. The first-order chi connectivity index (χ1) is 11.1. The lowest BCUT2D eigenvalue weighted by Gasteiger charge is -2.22. The van der Waals surface area contributed by atoms with Gasteiger partial charge < -0.3 is 10.0 Å². The van der Waals surface area contributed by atoms with Crippen molar-refractivity contribution in [3.05, 3.63) is 53.1 Å². The third-order valence-corrected chi connectivity index (χ3v) is 3.63. The zero-order valence-corrected chi connectivity index (χ0v) is 13.5. The number of aromatic nitrogens is 2. The molecule has 2 aromatic rings. The SMILES string of the molecule is CCCc1cc(C(=O)N(CCO)Cc2ccccc2F)n(C)n1. The molecule has 1 heterocycles. The number of hydrogen-bond acceptors (Lipinski definition) is 3. The molecular formula is C17H22FN3O2. The number of benzene rings is 1. The van der Waals surface area contributed by atoms with Crippen LogP contribution < -0.4 is 0 Å². The summed E-state index contributed by atoms with van der Waals surface area (Å²) in [6.07, 6.45) is 1.74. The van der Waals surface area contributed by atoms with E-state index in [1.165, 1.54) is 11.0 Å². The number of rotatable bonds is 7. The molecule has 1 aromatic carbocycles. The van der Waals surface area contributed by atoms with Crippen LogP contribution in [0, 0.1) is 5.82 Å². The quantitative estimate of drug-likeness (QED) is 0.851. The highest BCUT2D eigenvalue weighted by Crippen LogP contribution is 2.14. The number of hydrogen-bond donors (Lipinski definition) is 1. The fourth-order valence-corrected chi connectivity index (χ4v) is 2.47. The summed E-state index contributed by atoms with van der Waals surface area (Å²) in [6.45, 7) is 2.12. The van der Waals surface area contributed by atoms with E-state index >= 15 is 0 Å². The van der Waals surface area contributed by atoms with Crippen LogP contribution in [0.4, 0.5) is 4.39 Å². The fourth-order valence-electron chi connectivity index (χ4n) is 2.47. The number of amides is 1. The maximum Gasteiger partial charge on any atom is 0.272 e. The van der Waals surface area contributed by atoms with Gasteiger partial charge in [0.25, 0.3) is 5.91 Å². The lowest BCUT2D eigenvalue weighted by molar-refractivity contribution is 0.0695. The predicted molar refractivity (Wildman–Crippen MR) is 85.4 cm³/mol. The third kappa shape index (κ3) is 4.16. The first-order valence-electron chi connectivity index (χ1n) is 7.73. The number of aryl methyl sites for hydroxylation is 2. The van der Waals surface area contributed by atoms with Crippen molar-refractivity contribution in [1.29, 1.82) is 0 Å². The Morgan fingerprint density at radius 2 is 2.13 bits per heavy atom. The van der Waals surface area contributed by atoms with E-state index in [2.05, 4.69) is 5.10 Å². The van der Waals surface area contributed by atoms with Crippen LogP contribution >= 0.6 is 0 Å². The highest BCUT2D eigenvalue weighted by molar-refractivity contribution is 5.92. The third-order valence-electron chi connectivity index (χ3n) is 3.63. The molecule has 6 heteroatoms. The first-order valence-corrected chi connectivity index (χ1v) is 7.73. The monoisotopic (exact) mass is 319 g/mol. The van der Waals surface area contributed by atoms with Crippen molar-refractivity contribution in [2.45, 2.75) is 26.3 Å². The Morgan fingerprint density at radius 1 is 1.39 bits per heavy atom. The second-order valence-corrected chi connectivity index (χ2v) is 5.44. The molecule has 23 heavy (non-hydrogen) atoms. The summed E-state index contributed by atoms with van der Waals surface area (Å²) < 4.78 is 15.4. The maximum atomic E-state index is 13.8. The van der Waals surface area contributed by atoms with Gasteiger partial charge in [-0.15, -0.1) is 0 Å². The van der Waals surface area contributed by atoms with Crippen molar-refractivity contribution < 1.29 is 14.3 Å². The molecule has 1 N–H and O–H groups in total. The van der Waals surface area contributed by atoms with Crippen molar-refractivity contribution >= 4 is 5.91 Å². The fraction of sp³-hybridized carbons (Fsp3) is 0.412. The van der Waals surface area contributed by atoms with E-state index in [0.717, 1.165) is 18.5 Å². The zero-order valence-electron chi connectivity index (χ0n) is 13.5. The van der Waals surface area contributed by atoms with Gasteiger partial charge in [-0.2, -0.15) is 5.10 Å². The molecule has 0 saturated heterocycles. The van der Waals surface area contributed by atoms with E-state index in [0.29, 0.717) is 11.3 Å². The van der Waals surface area contributed by atoms with E-state index in [4.69, 9.17) is 0 Å². The van der Waals surface area contributed by atoms with Crippen LogP contribution in [0.2, 0.25) is 0 Å². The van der Waals surface area contributed by atoms with E-state index < -0.39 is 0 Å². The van der Waals surface area contributed by atoms with Gasteiger partial charge in [0.15, 0.2) is 0 Å². The number of aliphatic hydroxyl groups excluding tert-OH is 1. The molecule has 0 unspecified atom stereocenters. The minimum Gasteiger partial charge on any atom is -0.395 e. The Kier molecular flexibility index (Phi) is 5.87. The molecule has 0 fully saturated rings. The molecule has 5 nitrogen and oxygen atoms in total. The molecule has 0 bridgehead atoms. The summed E-state index contributed by atoms with van der Waals surface area (Å²) >= 11 is 0. The zero-order chi connectivity index (χ0) is 16.8. The number of halogens is 1. The van der Waals surface area contributed by atoms with Crippen molar-refractivity contribution in [3.8, 4) is 0 Å². The number of nitrogens with zero attached hydrogens (tertiary/aromatic N) is 3. The number of carbonyl (C=O) groups is 1. The largest absolute Gasteiger partial charge is 0.395 e. The molecule has 0 aliphatic carbocycles. The highest BCUT2D eigenvalue weighted by atomic mass is 19.1. The second-order valence-electron chi connectivity index (χ2n) is 5.44. The Hall–Kier alpha value is -2.21. The minimum atomic E-state index is -0.361. The lowest BCUT2D eigenvalue weighted by atomic mass is 10.2. The van der Waals surface area contributed by atoms with E-state index in [1.54, 1.807) is 36.0 Å². The smallest absolute Gasteiger partial charge is 0.272 e. The van der Waals surface area contributed by atoms with Crippen molar-refractivity contribution in [3.63, 3.8) is 0 Å². The molecule has 0 radical (unpaired) electrons. The predicted octanol–water partition coefficient (Wildman–Crippen LogP) is 2.15. The van der Waals surface area contributed by atoms with E-state index in [-0.39, 0.29) is 31.4 Å². The van der Waals surface area contributed by atoms with Crippen molar-refractivity contribution in [2.75, 3.05) is 13.2 Å². The normalized spacial score (nSPS) is 10.8. The van der Waals surface area contributed by atoms with Gasteiger partial charge >= 0.3 is 0 Å². The number of aliphatic hydroxyl groups is 1. The minimum absolute atomic E-state index is 0.111. The molecular weight excluding hydrogens is 297 g/mol. The van der Waals surface area contributed by atoms with Crippen LogP contribution in [0.25, 0.3) is 0 Å². The summed E-state index contributed by atoms with van der Waals surface area (Å²) in [5.41, 5.74) is 1.72. The van der Waals surface area contributed by atoms with Gasteiger partial charge in [-0.1, -0.05) is 31.5 Å². The molecule has 0 atom stereocenters. The second kappa shape index (κ2) is 7.87. The van der Waals surface area contributed by atoms with Gasteiger partial charge in [0, 0.05) is 25.7 Å². The van der Waals surface area contributed by atoms with Gasteiger partial charge in [0.2, 0.25) is 0 Å². The number of carbonyl (C=O) groups excluding carboxylic acids is 1. The Labute approximate surface area is 135 Å². The van der Waals surface area contributed by atoms with Crippen LogP contribution in [0.5, 0.6) is 0 Å². The van der Waals surface area contributed by atoms with Gasteiger partial charge in [-0.3, -0.25) is 9.48 Å². The molecule has 0 saturated carbocycles. The standard InChI is InChI=1S/C17H22FN3O2/c1-3-6-14-11-16(20(2)19-14)17(23)21(9-10-22)12-13-7-4-5-8-15(13)18/h4-5,7-8,11,22H,3,6,9-10,12H2,1-2H3. The van der Waals surface area contributed by atoms with Gasteiger partial charge in [-0.05, 0) is 18.6 Å². The average molecular weight is 319 g/mol. The Bertz CT molecular complexity index is 670. The van der Waals surface area contributed by atoms with Gasteiger partial charge in [0.1, 0.15) is 11.5 Å². The van der Waals surface area contributed by atoms with E-state index in [9.17, 15) is 14.3 Å². The maximum absolute atomic E-state index is 13.8. The lowest BCUT2D eigenvalue weighted by Crippen LogP contribution is -2.34. The topological polar surface area (TPSA) is 58.4 Å². The Balaban J connectivity index is 2.23. The molecule has 0 aliphatic rings. The van der Waals surface area contributed by atoms with Crippen molar-refractivity contribution in [1.82, 2.24) is 14.7 Å². The van der Waals surface area contributed by atoms with Crippen LogP contribution in [0.15, 0.2) is 30.3 Å². The van der Waals surface area contributed by atoms with Crippen LogP contribution in [-0.2, 0) is 20.0 Å². The molecule has 0 aliphatic heterocycles. The molecule has 1 aromatic heterocycles. The van der Waals surface area contributed by atoms with Crippen molar-refractivity contribution in [2.24, 2.45) is 7.05 Å². The molecule has 1 amide bonds. The Morgan fingerprint density at radius 3 is 2.78 bits per heavy atom. The average Bonchev–Trinajstić information content (AvgIpc) is 2.89. The summed E-state index contributed by atoms with van der Waals surface area (Å²) in [5, 5.41) is 13.5.